The molecule has 1 aromatic carbocycles. The first-order chi connectivity index (χ1) is 10.0. The van der Waals surface area contributed by atoms with E-state index < -0.39 is 0 Å². The molecule has 0 N–H and O–H groups in total. The number of hydrogen-bond acceptors (Lipinski definition) is 4. The van der Waals surface area contributed by atoms with E-state index in [1.54, 1.807) is 13.2 Å². The fraction of sp³-hybridized carbons (Fsp3) is 0.588. The molecule has 2 aliphatic rings. The molecule has 1 atom stereocenters. The highest BCUT2D eigenvalue weighted by Gasteiger charge is 2.44. The van der Waals surface area contributed by atoms with Gasteiger partial charge in [0.25, 0.3) is 0 Å². The minimum Gasteiger partial charge on any atom is -0.497 e. The predicted octanol–water partition coefficient (Wildman–Crippen LogP) is 2.90. The molecule has 114 valence electrons. The molecule has 2 aliphatic heterocycles. The van der Waals surface area contributed by atoms with Crippen molar-refractivity contribution in [2.45, 2.75) is 44.8 Å². The fourth-order valence-electron chi connectivity index (χ4n) is 3.40. The molecule has 0 radical (unpaired) electrons. The summed E-state index contributed by atoms with van der Waals surface area (Å²) in [7, 11) is 1.61. The lowest BCUT2D eigenvalue weighted by Gasteiger charge is -2.46. The van der Waals surface area contributed by atoms with E-state index in [9.17, 15) is 4.79 Å². The van der Waals surface area contributed by atoms with Crippen LogP contribution >= 0.6 is 0 Å². The summed E-state index contributed by atoms with van der Waals surface area (Å²) in [5, 5.41) is 0. The van der Waals surface area contributed by atoms with Gasteiger partial charge in [-0.2, -0.15) is 0 Å². The van der Waals surface area contributed by atoms with Gasteiger partial charge < -0.3 is 9.47 Å². The number of hydrogen-bond donors (Lipinski definition) is 0. The Balaban J connectivity index is 1.89. The van der Waals surface area contributed by atoms with Gasteiger partial charge in [0.1, 0.15) is 17.1 Å². The topological polar surface area (TPSA) is 38.8 Å². The first-order valence-corrected chi connectivity index (χ1v) is 7.67. The summed E-state index contributed by atoms with van der Waals surface area (Å²) < 4.78 is 11.5. The van der Waals surface area contributed by atoms with Crippen LogP contribution in [0, 0.1) is 0 Å². The van der Waals surface area contributed by atoms with Crippen LogP contribution in [-0.4, -0.2) is 42.5 Å². The van der Waals surface area contributed by atoms with E-state index in [0.29, 0.717) is 29.5 Å². The molecule has 4 nitrogen and oxygen atoms in total. The van der Waals surface area contributed by atoms with Crippen molar-refractivity contribution in [1.82, 2.24) is 4.90 Å². The molecule has 21 heavy (non-hydrogen) atoms. The molecule has 1 aromatic rings. The average Bonchev–Trinajstić information content (AvgIpc) is 2.47. The normalized spacial score (nSPS) is 25.8. The van der Waals surface area contributed by atoms with Crippen LogP contribution in [0.5, 0.6) is 11.5 Å². The maximum atomic E-state index is 12.5. The number of piperidine rings is 1. The zero-order valence-electron chi connectivity index (χ0n) is 13.0. The molecule has 4 heteroatoms. The second-order valence-electron chi connectivity index (χ2n) is 6.41. The quantitative estimate of drug-likeness (QED) is 0.839. The third-order valence-corrected chi connectivity index (χ3v) is 4.60. The molecule has 0 aliphatic carbocycles. The predicted molar refractivity (Wildman–Crippen MR) is 81.2 cm³/mol. The van der Waals surface area contributed by atoms with Crippen LogP contribution in [0.1, 0.15) is 43.5 Å². The average molecular weight is 289 g/mol. The summed E-state index contributed by atoms with van der Waals surface area (Å²) in [6.07, 6.45) is 2.50. The maximum absolute atomic E-state index is 12.5. The molecule has 1 unspecified atom stereocenters. The summed E-state index contributed by atoms with van der Waals surface area (Å²) >= 11 is 0. The molecule has 0 amide bonds. The van der Waals surface area contributed by atoms with Crippen molar-refractivity contribution >= 4 is 5.78 Å². The highest BCUT2D eigenvalue weighted by atomic mass is 16.5. The number of ether oxygens (including phenoxy) is 2. The first-order valence-electron chi connectivity index (χ1n) is 7.67. The van der Waals surface area contributed by atoms with Crippen LogP contribution in [0.15, 0.2) is 18.2 Å². The number of ketones is 1. The lowest BCUT2D eigenvalue weighted by Crippen LogP contribution is -2.56. The number of rotatable bonds is 2. The minimum absolute atomic E-state index is 0.167. The maximum Gasteiger partial charge on any atom is 0.170 e. The van der Waals surface area contributed by atoms with E-state index in [4.69, 9.17) is 9.47 Å². The summed E-state index contributed by atoms with van der Waals surface area (Å²) in [4.78, 5) is 15.0. The van der Waals surface area contributed by atoms with Gasteiger partial charge in [-0.25, -0.2) is 0 Å². The number of Topliss-reactive ketones (excluding diaryl/α,β-unsaturated/α-hetero) is 1. The van der Waals surface area contributed by atoms with E-state index in [1.807, 2.05) is 12.1 Å². The molecule has 0 aromatic heterocycles. The van der Waals surface area contributed by atoms with Crippen molar-refractivity contribution in [2.75, 3.05) is 20.2 Å². The van der Waals surface area contributed by atoms with Crippen LogP contribution in [0.25, 0.3) is 0 Å². The lowest BCUT2D eigenvalue weighted by molar-refractivity contribution is -0.0267. The SMILES string of the molecule is COc1ccc2c(c1)C(=O)CC1(CCCN(C(C)C)C1)O2. The second kappa shape index (κ2) is 5.34. The molecule has 1 fully saturated rings. The summed E-state index contributed by atoms with van der Waals surface area (Å²) in [6.45, 7) is 6.32. The molecule has 0 bridgehead atoms. The van der Waals surface area contributed by atoms with Crippen molar-refractivity contribution < 1.29 is 14.3 Å². The van der Waals surface area contributed by atoms with Gasteiger partial charge in [-0.05, 0) is 51.4 Å². The Morgan fingerprint density at radius 3 is 2.90 bits per heavy atom. The van der Waals surface area contributed by atoms with E-state index in [0.717, 1.165) is 25.9 Å². The van der Waals surface area contributed by atoms with Crippen molar-refractivity contribution in [3.63, 3.8) is 0 Å². The van der Waals surface area contributed by atoms with Gasteiger partial charge in [-0.1, -0.05) is 0 Å². The van der Waals surface area contributed by atoms with Gasteiger partial charge >= 0.3 is 0 Å². The molecule has 3 rings (SSSR count). The van der Waals surface area contributed by atoms with Gasteiger partial charge in [-0.3, -0.25) is 9.69 Å². The number of methoxy groups -OCH3 is 1. The number of carbonyl (C=O) groups excluding carboxylic acids is 1. The Labute approximate surface area is 126 Å². The summed E-state index contributed by atoms with van der Waals surface area (Å²) in [5.41, 5.74) is 0.308. The van der Waals surface area contributed by atoms with Crippen LogP contribution < -0.4 is 9.47 Å². The van der Waals surface area contributed by atoms with E-state index in [-0.39, 0.29) is 11.4 Å². The number of carbonyl (C=O) groups is 1. The largest absolute Gasteiger partial charge is 0.497 e. The summed E-state index contributed by atoms with van der Waals surface area (Å²) in [5.74, 6) is 1.58. The van der Waals surface area contributed by atoms with Crippen molar-refractivity contribution in [1.29, 1.82) is 0 Å². The molecule has 1 spiro atoms. The van der Waals surface area contributed by atoms with Gasteiger partial charge in [0.05, 0.1) is 19.1 Å². The number of likely N-dealkylation sites (tertiary alicyclic amines) is 1. The molecular formula is C17H23NO3. The highest BCUT2D eigenvalue weighted by Crippen LogP contribution is 2.39. The second-order valence-corrected chi connectivity index (χ2v) is 6.41. The van der Waals surface area contributed by atoms with Crippen LogP contribution in [0.3, 0.4) is 0 Å². The Morgan fingerprint density at radius 1 is 1.38 bits per heavy atom. The number of fused-ring (bicyclic) bond motifs is 1. The fourth-order valence-corrected chi connectivity index (χ4v) is 3.40. The minimum atomic E-state index is -0.346. The van der Waals surface area contributed by atoms with Crippen LogP contribution in [0.4, 0.5) is 0 Å². The van der Waals surface area contributed by atoms with Gasteiger partial charge in [0.15, 0.2) is 5.78 Å². The smallest absolute Gasteiger partial charge is 0.170 e. The van der Waals surface area contributed by atoms with Crippen LogP contribution in [-0.2, 0) is 0 Å². The Hall–Kier alpha value is -1.55. The molecular weight excluding hydrogens is 266 g/mol. The third-order valence-electron chi connectivity index (χ3n) is 4.60. The van der Waals surface area contributed by atoms with Crippen molar-refractivity contribution in [3.05, 3.63) is 23.8 Å². The zero-order chi connectivity index (χ0) is 15.0. The zero-order valence-corrected chi connectivity index (χ0v) is 13.0. The number of nitrogens with zero attached hydrogens (tertiary/aromatic N) is 1. The Morgan fingerprint density at radius 2 is 2.19 bits per heavy atom. The monoisotopic (exact) mass is 289 g/mol. The molecule has 0 saturated carbocycles. The van der Waals surface area contributed by atoms with Gasteiger partial charge in [-0.15, -0.1) is 0 Å². The van der Waals surface area contributed by atoms with E-state index >= 15 is 0 Å². The van der Waals surface area contributed by atoms with Crippen molar-refractivity contribution in [3.8, 4) is 11.5 Å². The van der Waals surface area contributed by atoms with E-state index in [2.05, 4.69) is 18.7 Å². The van der Waals surface area contributed by atoms with Crippen molar-refractivity contribution in [2.24, 2.45) is 0 Å². The third kappa shape index (κ3) is 2.64. The Kier molecular flexibility index (Phi) is 3.66. The van der Waals surface area contributed by atoms with Crippen LogP contribution in [0.2, 0.25) is 0 Å². The highest BCUT2D eigenvalue weighted by molar-refractivity contribution is 6.00. The van der Waals surface area contributed by atoms with Gasteiger partial charge in [0.2, 0.25) is 0 Å². The standard InChI is InChI=1S/C17H23NO3/c1-12(2)18-8-4-7-17(11-18)10-15(19)14-9-13(20-3)5-6-16(14)21-17/h5-6,9,12H,4,7-8,10-11H2,1-3H3. The van der Waals surface area contributed by atoms with E-state index in [1.165, 1.54) is 0 Å². The molecule has 1 saturated heterocycles. The number of benzene rings is 1. The Bertz CT molecular complexity index is 555. The van der Waals surface area contributed by atoms with Gasteiger partial charge in [0, 0.05) is 12.6 Å². The summed E-state index contributed by atoms with van der Waals surface area (Å²) in [6, 6.07) is 5.99. The molecule has 2 heterocycles. The first kappa shape index (κ1) is 14.4. The lowest BCUT2D eigenvalue weighted by atomic mass is 9.83.